The van der Waals surface area contributed by atoms with Crippen molar-refractivity contribution in [1.29, 1.82) is 0 Å². The van der Waals surface area contributed by atoms with E-state index in [0.29, 0.717) is 5.92 Å². The lowest BCUT2D eigenvalue weighted by molar-refractivity contribution is 0.428. The van der Waals surface area contributed by atoms with E-state index in [4.69, 9.17) is 0 Å². The minimum atomic E-state index is 0.709. The maximum atomic E-state index is 4.55. The van der Waals surface area contributed by atoms with Gasteiger partial charge in [0, 0.05) is 17.5 Å². The maximum absolute atomic E-state index is 4.55. The Morgan fingerprint density at radius 3 is 3.00 bits per heavy atom. The second-order valence-electron chi connectivity index (χ2n) is 4.06. The van der Waals surface area contributed by atoms with Crippen LogP contribution >= 0.6 is 11.3 Å². The van der Waals surface area contributed by atoms with Crippen molar-refractivity contribution in [3.8, 4) is 0 Å². The van der Waals surface area contributed by atoms with Gasteiger partial charge in [-0.25, -0.2) is 4.98 Å². The number of imidazole rings is 1. The molecule has 1 fully saturated rings. The first-order chi connectivity index (χ1) is 6.95. The minimum Gasteiger partial charge on any atom is -0.294 e. The van der Waals surface area contributed by atoms with Gasteiger partial charge in [0.15, 0.2) is 0 Å². The van der Waals surface area contributed by atoms with Crippen molar-refractivity contribution in [1.82, 2.24) is 9.38 Å². The minimum absolute atomic E-state index is 0.709. The molecule has 2 nitrogen and oxygen atoms in total. The largest absolute Gasteiger partial charge is 0.294 e. The molecular formula is C11H14N2S. The van der Waals surface area contributed by atoms with E-state index < -0.39 is 0 Å². The van der Waals surface area contributed by atoms with Gasteiger partial charge in [0.05, 0.1) is 6.20 Å². The number of thiazole rings is 1. The van der Waals surface area contributed by atoms with E-state index in [0.717, 1.165) is 0 Å². The fourth-order valence-electron chi connectivity index (χ4n) is 2.42. The van der Waals surface area contributed by atoms with Gasteiger partial charge < -0.3 is 0 Å². The normalized spacial score (nSPS) is 19.1. The van der Waals surface area contributed by atoms with Crippen molar-refractivity contribution < 1.29 is 0 Å². The van der Waals surface area contributed by atoms with E-state index in [9.17, 15) is 0 Å². The van der Waals surface area contributed by atoms with Gasteiger partial charge in [-0.15, -0.1) is 11.3 Å². The first-order valence-electron chi connectivity index (χ1n) is 5.35. The highest BCUT2D eigenvalue weighted by Gasteiger charge is 2.19. The summed E-state index contributed by atoms with van der Waals surface area (Å²) in [7, 11) is 0. The average Bonchev–Trinajstić information content (AvgIpc) is 2.79. The van der Waals surface area contributed by atoms with Crippen molar-refractivity contribution >= 4 is 16.2 Å². The SMILES string of the molecule is c1cn2c(C3CCCCC3)ncc2s1. The first-order valence-corrected chi connectivity index (χ1v) is 6.23. The number of nitrogens with zero attached hydrogens (tertiary/aromatic N) is 2. The van der Waals surface area contributed by atoms with Gasteiger partial charge in [0.1, 0.15) is 10.7 Å². The number of fused-ring (bicyclic) bond motifs is 1. The maximum Gasteiger partial charge on any atom is 0.119 e. The monoisotopic (exact) mass is 206 g/mol. The number of aromatic nitrogens is 2. The molecule has 0 aromatic carbocycles. The molecule has 2 aromatic heterocycles. The summed E-state index contributed by atoms with van der Waals surface area (Å²) in [5, 5.41) is 2.14. The Labute approximate surface area is 87.6 Å². The third kappa shape index (κ3) is 1.27. The molecule has 2 heterocycles. The molecule has 0 spiro atoms. The van der Waals surface area contributed by atoms with Crippen LogP contribution in [0.3, 0.4) is 0 Å². The molecular weight excluding hydrogens is 192 g/mol. The van der Waals surface area contributed by atoms with Crippen LogP contribution < -0.4 is 0 Å². The second-order valence-corrected chi connectivity index (χ2v) is 4.99. The molecule has 0 bridgehead atoms. The predicted octanol–water partition coefficient (Wildman–Crippen LogP) is 3.44. The first kappa shape index (κ1) is 8.48. The summed E-state index contributed by atoms with van der Waals surface area (Å²) >= 11 is 1.77. The Kier molecular flexibility index (Phi) is 2.05. The highest BCUT2D eigenvalue weighted by atomic mass is 32.1. The molecule has 1 aliphatic carbocycles. The summed E-state index contributed by atoms with van der Waals surface area (Å²) < 4.78 is 2.26. The summed E-state index contributed by atoms with van der Waals surface area (Å²) in [6.07, 6.45) is 11.0. The molecule has 1 saturated carbocycles. The smallest absolute Gasteiger partial charge is 0.119 e. The number of hydrogen-bond acceptors (Lipinski definition) is 2. The number of rotatable bonds is 1. The van der Waals surface area contributed by atoms with Gasteiger partial charge in [-0.05, 0) is 12.8 Å². The zero-order chi connectivity index (χ0) is 9.38. The van der Waals surface area contributed by atoms with Gasteiger partial charge in [0.2, 0.25) is 0 Å². The van der Waals surface area contributed by atoms with Crippen molar-refractivity contribution in [2.24, 2.45) is 0 Å². The molecule has 0 unspecified atom stereocenters. The fraction of sp³-hybridized carbons (Fsp3) is 0.545. The molecule has 14 heavy (non-hydrogen) atoms. The highest BCUT2D eigenvalue weighted by molar-refractivity contribution is 7.15. The molecule has 3 heteroatoms. The van der Waals surface area contributed by atoms with Gasteiger partial charge >= 0.3 is 0 Å². The van der Waals surface area contributed by atoms with E-state index in [2.05, 4.69) is 21.0 Å². The molecule has 1 aliphatic rings. The molecule has 0 saturated heterocycles. The third-order valence-corrected chi connectivity index (χ3v) is 3.96. The molecule has 0 amide bonds. The topological polar surface area (TPSA) is 17.3 Å². The van der Waals surface area contributed by atoms with E-state index >= 15 is 0 Å². The van der Waals surface area contributed by atoms with Crippen LogP contribution in [0.2, 0.25) is 0 Å². The Hall–Kier alpha value is -0.830. The Bertz CT molecular complexity index is 423. The van der Waals surface area contributed by atoms with Crippen molar-refractivity contribution in [2.45, 2.75) is 38.0 Å². The molecule has 0 N–H and O–H groups in total. The molecule has 0 radical (unpaired) electrons. The van der Waals surface area contributed by atoms with Crippen LogP contribution in [-0.4, -0.2) is 9.38 Å². The predicted molar refractivity (Wildman–Crippen MR) is 58.9 cm³/mol. The van der Waals surface area contributed by atoms with E-state index in [1.54, 1.807) is 11.3 Å². The van der Waals surface area contributed by atoms with E-state index in [1.807, 2.05) is 6.20 Å². The quantitative estimate of drug-likeness (QED) is 0.698. The molecule has 0 atom stereocenters. The second kappa shape index (κ2) is 3.39. The number of hydrogen-bond donors (Lipinski definition) is 0. The average molecular weight is 206 g/mol. The van der Waals surface area contributed by atoms with Crippen LogP contribution in [0.4, 0.5) is 0 Å². The van der Waals surface area contributed by atoms with Gasteiger partial charge in [-0.1, -0.05) is 19.3 Å². The summed E-state index contributed by atoms with van der Waals surface area (Å²) in [5.74, 6) is 2.00. The lowest BCUT2D eigenvalue weighted by atomic mass is 9.89. The van der Waals surface area contributed by atoms with Crippen LogP contribution in [-0.2, 0) is 0 Å². The van der Waals surface area contributed by atoms with Gasteiger partial charge in [-0.2, -0.15) is 0 Å². The Morgan fingerprint density at radius 1 is 1.29 bits per heavy atom. The summed E-state index contributed by atoms with van der Waals surface area (Å²) in [5.41, 5.74) is 0. The van der Waals surface area contributed by atoms with Crippen molar-refractivity contribution in [3.63, 3.8) is 0 Å². The summed E-state index contributed by atoms with van der Waals surface area (Å²) in [6, 6.07) is 0. The van der Waals surface area contributed by atoms with Crippen LogP contribution in [0.1, 0.15) is 43.8 Å². The van der Waals surface area contributed by atoms with Gasteiger partial charge in [0.25, 0.3) is 0 Å². The molecule has 3 rings (SSSR count). The zero-order valence-electron chi connectivity index (χ0n) is 8.15. The molecule has 0 aliphatic heterocycles. The van der Waals surface area contributed by atoms with E-state index in [-0.39, 0.29) is 0 Å². The van der Waals surface area contributed by atoms with E-state index in [1.165, 1.54) is 42.8 Å². The van der Waals surface area contributed by atoms with Crippen LogP contribution in [0.25, 0.3) is 4.83 Å². The van der Waals surface area contributed by atoms with Crippen molar-refractivity contribution in [3.05, 3.63) is 23.6 Å². The van der Waals surface area contributed by atoms with Gasteiger partial charge in [-0.3, -0.25) is 4.40 Å². The van der Waals surface area contributed by atoms with Crippen LogP contribution in [0, 0.1) is 0 Å². The lowest BCUT2D eigenvalue weighted by Crippen LogP contribution is -2.07. The van der Waals surface area contributed by atoms with Crippen LogP contribution in [0.15, 0.2) is 17.8 Å². The fourth-order valence-corrected chi connectivity index (χ4v) is 3.12. The third-order valence-electron chi connectivity index (χ3n) is 3.16. The summed E-state index contributed by atoms with van der Waals surface area (Å²) in [4.78, 5) is 5.84. The summed E-state index contributed by atoms with van der Waals surface area (Å²) in [6.45, 7) is 0. The molecule has 74 valence electrons. The zero-order valence-corrected chi connectivity index (χ0v) is 8.96. The van der Waals surface area contributed by atoms with Crippen molar-refractivity contribution in [2.75, 3.05) is 0 Å². The van der Waals surface area contributed by atoms with Crippen LogP contribution in [0.5, 0.6) is 0 Å². The Morgan fingerprint density at radius 2 is 2.14 bits per heavy atom. The Balaban J connectivity index is 1.99. The molecule has 2 aromatic rings. The highest BCUT2D eigenvalue weighted by Crippen LogP contribution is 2.32. The lowest BCUT2D eigenvalue weighted by Gasteiger charge is -2.19. The standard InChI is InChI=1S/C11H14N2S/c1-2-4-9(5-3-1)11-12-8-10-13(11)6-7-14-10/h6-9H,1-5H2.